The second kappa shape index (κ2) is 4.20. The van der Waals surface area contributed by atoms with E-state index >= 15 is 0 Å². The number of hydrogen-bond donors (Lipinski definition) is 2. The Morgan fingerprint density at radius 3 is 2.94 bits per heavy atom. The number of nitrogens with zero attached hydrogens (tertiary/aromatic N) is 2. The molecule has 16 heavy (non-hydrogen) atoms. The predicted octanol–water partition coefficient (Wildman–Crippen LogP) is 0.192. The zero-order valence-electron chi connectivity index (χ0n) is 7.95. The van der Waals surface area contributed by atoms with Gasteiger partial charge in [-0.25, -0.2) is 13.1 Å². The second-order valence-electron chi connectivity index (χ2n) is 2.87. The van der Waals surface area contributed by atoms with E-state index in [0.717, 1.165) is 17.7 Å². The number of nitrogen functional groups attached to an aromatic ring is 1. The first-order valence-corrected chi connectivity index (χ1v) is 6.53. The van der Waals surface area contributed by atoms with Crippen molar-refractivity contribution >= 4 is 27.0 Å². The van der Waals surface area contributed by atoms with Crippen LogP contribution in [0.3, 0.4) is 0 Å². The van der Waals surface area contributed by atoms with Crippen LogP contribution >= 0.6 is 11.3 Å². The summed E-state index contributed by atoms with van der Waals surface area (Å²) in [5.41, 5.74) is 5.87. The zero-order chi connectivity index (χ0) is 11.6. The molecule has 2 aromatic heterocycles. The van der Waals surface area contributed by atoms with Gasteiger partial charge in [0, 0.05) is 11.1 Å². The van der Waals surface area contributed by atoms with Crippen molar-refractivity contribution in [2.24, 2.45) is 0 Å². The lowest BCUT2D eigenvalue weighted by atomic mass is 10.6. The van der Waals surface area contributed by atoms with Gasteiger partial charge >= 0.3 is 0 Å². The number of thiophene rings is 1. The van der Waals surface area contributed by atoms with E-state index < -0.39 is 10.0 Å². The summed E-state index contributed by atoms with van der Waals surface area (Å²) in [4.78, 5) is 3.69. The van der Waals surface area contributed by atoms with Crippen LogP contribution < -0.4 is 10.5 Å². The number of sulfonamides is 1. The number of nitrogens with one attached hydrogen (secondary N) is 1. The molecule has 0 fully saturated rings. The van der Waals surface area contributed by atoms with Crippen molar-refractivity contribution in [3.63, 3.8) is 0 Å². The minimum absolute atomic E-state index is 0.0172. The van der Waals surface area contributed by atoms with Gasteiger partial charge < -0.3 is 10.3 Å². The van der Waals surface area contributed by atoms with Crippen LogP contribution in [0.25, 0.3) is 0 Å². The highest BCUT2D eigenvalue weighted by Gasteiger charge is 2.16. The van der Waals surface area contributed by atoms with E-state index in [1.807, 2.05) is 0 Å². The fourth-order valence-electron chi connectivity index (χ4n) is 0.972. The molecule has 0 saturated heterocycles. The SMILES string of the molecule is Nc1csc(S(=O)(=O)NCc2ncon2)c1. The van der Waals surface area contributed by atoms with Crippen LogP contribution in [0.15, 0.2) is 26.6 Å². The standard InChI is InChI=1S/C7H8N4O3S2/c8-5-1-7(15-3-5)16(12,13)10-2-6-9-4-14-11-6/h1,3-4,10H,2,8H2. The molecule has 9 heteroatoms. The lowest BCUT2D eigenvalue weighted by Gasteiger charge is -2.00. The molecule has 0 aliphatic rings. The summed E-state index contributed by atoms with van der Waals surface area (Å²) in [7, 11) is -3.55. The van der Waals surface area contributed by atoms with Gasteiger partial charge in [-0.2, -0.15) is 4.98 Å². The number of hydrogen-bond acceptors (Lipinski definition) is 7. The van der Waals surface area contributed by atoms with Gasteiger partial charge in [0.2, 0.25) is 6.39 Å². The fraction of sp³-hybridized carbons (Fsp3) is 0.143. The minimum atomic E-state index is -3.55. The van der Waals surface area contributed by atoms with Crippen molar-refractivity contribution in [2.45, 2.75) is 10.8 Å². The first-order valence-electron chi connectivity index (χ1n) is 4.17. The third kappa shape index (κ3) is 2.38. The molecule has 7 nitrogen and oxygen atoms in total. The van der Waals surface area contributed by atoms with Crippen LogP contribution in [-0.2, 0) is 16.6 Å². The molecular weight excluding hydrogens is 252 g/mol. The molecule has 0 spiro atoms. The second-order valence-corrected chi connectivity index (χ2v) is 5.78. The number of rotatable bonds is 4. The molecule has 0 unspecified atom stereocenters. The first-order chi connectivity index (χ1) is 7.58. The molecule has 3 N–H and O–H groups in total. The number of anilines is 1. The Balaban J connectivity index is 2.09. The number of nitrogens with two attached hydrogens (primary N) is 1. The van der Waals surface area contributed by atoms with E-state index in [2.05, 4.69) is 19.4 Å². The van der Waals surface area contributed by atoms with Gasteiger partial charge in [-0.1, -0.05) is 5.16 Å². The molecule has 0 aliphatic carbocycles. The molecule has 0 radical (unpaired) electrons. The molecule has 0 bridgehead atoms. The van der Waals surface area contributed by atoms with Gasteiger partial charge in [-0.3, -0.25) is 0 Å². The molecular formula is C7H8N4O3S2. The quantitative estimate of drug-likeness (QED) is 0.811. The zero-order valence-corrected chi connectivity index (χ0v) is 9.59. The molecule has 2 aromatic rings. The molecule has 0 aliphatic heterocycles. The Kier molecular flexibility index (Phi) is 2.90. The molecule has 2 rings (SSSR count). The average Bonchev–Trinajstić information content (AvgIpc) is 2.85. The average molecular weight is 260 g/mol. The Morgan fingerprint density at radius 2 is 2.38 bits per heavy atom. The largest absolute Gasteiger partial charge is 0.398 e. The Morgan fingerprint density at radius 1 is 1.56 bits per heavy atom. The lowest BCUT2D eigenvalue weighted by molar-refractivity contribution is 0.409. The molecule has 0 atom stereocenters. The normalized spacial score (nSPS) is 11.8. The highest BCUT2D eigenvalue weighted by Crippen LogP contribution is 2.21. The topological polar surface area (TPSA) is 111 Å². The minimum Gasteiger partial charge on any atom is -0.398 e. The highest BCUT2D eigenvalue weighted by atomic mass is 32.2. The maximum Gasteiger partial charge on any atom is 0.250 e. The van der Waals surface area contributed by atoms with E-state index in [9.17, 15) is 8.42 Å². The molecule has 0 aromatic carbocycles. The van der Waals surface area contributed by atoms with Crippen molar-refractivity contribution in [1.29, 1.82) is 0 Å². The predicted molar refractivity (Wildman–Crippen MR) is 57.1 cm³/mol. The summed E-state index contributed by atoms with van der Waals surface area (Å²) >= 11 is 1.05. The maximum absolute atomic E-state index is 11.7. The van der Waals surface area contributed by atoms with Gasteiger partial charge in [-0.15, -0.1) is 11.3 Å². The van der Waals surface area contributed by atoms with Gasteiger partial charge in [-0.05, 0) is 6.07 Å². The van der Waals surface area contributed by atoms with Crippen molar-refractivity contribution in [2.75, 3.05) is 5.73 Å². The highest BCUT2D eigenvalue weighted by molar-refractivity contribution is 7.91. The fourth-order valence-corrected chi connectivity index (χ4v) is 3.08. The van der Waals surface area contributed by atoms with E-state index in [0.29, 0.717) is 5.69 Å². The van der Waals surface area contributed by atoms with Crippen molar-refractivity contribution in [3.8, 4) is 0 Å². The molecule has 0 amide bonds. The summed E-state index contributed by atoms with van der Waals surface area (Å²) in [6.45, 7) is -0.0172. The third-order valence-electron chi connectivity index (χ3n) is 1.69. The van der Waals surface area contributed by atoms with Crippen LogP contribution in [0.4, 0.5) is 5.69 Å². The van der Waals surface area contributed by atoms with Crippen LogP contribution in [-0.4, -0.2) is 18.6 Å². The summed E-state index contributed by atoms with van der Waals surface area (Å²) in [5.74, 6) is 0.271. The van der Waals surface area contributed by atoms with E-state index in [1.165, 1.54) is 6.07 Å². The van der Waals surface area contributed by atoms with Crippen molar-refractivity contribution in [1.82, 2.24) is 14.9 Å². The maximum atomic E-state index is 11.7. The summed E-state index contributed by atoms with van der Waals surface area (Å²) in [6.07, 6.45) is 1.13. The summed E-state index contributed by atoms with van der Waals surface area (Å²) in [6, 6.07) is 1.39. The third-order valence-corrected chi connectivity index (χ3v) is 4.55. The molecule has 2 heterocycles. The van der Waals surface area contributed by atoms with Crippen molar-refractivity contribution in [3.05, 3.63) is 23.7 Å². The van der Waals surface area contributed by atoms with Crippen LogP contribution in [0, 0.1) is 0 Å². The molecule has 86 valence electrons. The van der Waals surface area contributed by atoms with Gasteiger partial charge in [0.1, 0.15) is 4.21 Å². The van der Waals surface area contributed by atoms with Crippen molar-refractivity contribution < 1.29 is 12.9 Å². The Hall–Kier alpha value is -1.45. The van der Waals surface area contributed by atoms with Crippen LogP contribution in [0.5, 0.6) is 0 Å². The van der Waals surface area contributed by atoms with Crippen LogP contribution in [0.2, 0.25) is 0 Å². The van der Waals surface area contributed by atoms with Gasteiger partial charge in [0.05, 0.1) is 6.54 Å². The summed E-state index contributed by atoms with van der Waals surface area (Å²) < 4.78 is 30.4. The first kappa shape index (κ1) is 11.0. The summed E-state index contributed by atoms with van der Waals surface area (Å²) in [5, 5.41) is 5.04. The van der Waals surface area contributed by atoms with E-state index in [4.69, 9.17) is 5.73 Å². The lowest BCUT2D eigenvalue weighted by Crippen LogP contribution is -2.22. The Labute approximate surface area is 95.3 Å². The van der Waals surface area contributed by atoms with E-state index in [-0.39, 0.29) is 16.6 Å². The monoisotopic (exact) mass is 260 g/mol. The van der Waals surface area contributed by atoms with Gasteiger partial charge in [0.15, 0.2) is 5.82 Å². The Bertz CT molecular complexity index is 560. The smallest absolute Gasteiger partial charge is 0.250 e. The number of aromatic nitrogens is 2. The van der Waals surface area contributed by atoms with Crippen LogP contribution in [0.1, 0.15) is 5.82 Å². The molecule has 0 saturated carbocycles. The van der Waals surface area contributed by atoms with E-state index in [1.54, 1.807) is 5.38 Å². The van der Waals surface area contributed by atoms with Gasteiger partial charge in [0.25, 0.3) is 10.0 Å².